The quantitative estimate of drug-likeness (QED) is 0.830. The Morgan fingerprint density at radius 2 is 2.04 bits per heavy atom. The number of hydrogen-bond donors (Lipinski definition) is 0. The number of likely N-dealkylation sites (tertiary alicyclic amines) is 1. The number of benzene rings is 1. The standard InChI is InChI=1S/C21H27NO/c23-17-8-9-19-20-12-16-6-1-2-7-18(16)21(19,13-17)10-11-22(20)14-15-4-3-5-15/h1-2,6-7,15,19-20H,3-5,8-14H2/t19-,20-,21+/m0/s1. The summed E-state index contributed by atoms with van der Waals surface area (Å²) in [5.74, 6) is 2.16. The Balaban J connectivity index is 1.54. The number of fused-ring (bicyclic) bond motifs is 1. The highest BCUT2D eigenvalue weighted by molar-refractivity contribution is 5.81. The maximum Gasteiger partial charge on any atom is 0.133 e. The molecule has 4 aliphatic rings. The van der Waals surface area contributed by atoms with Crippen LogP contribution in [0.1, 0.15) is 56.1 Å². The third-order valence-corrected chi connectivity index (χ3v) is 7.44. The van der Waals surface area contributed by atoms with Crippen molar-refractivity contribution in [1.29, 1.82) is 0 Å². The number of rotatable bonds is 2. The van der Waals surface area contributed by atoms with Gasteiger partial charge in [-0.3, -0.25) is 9.69 Å². The second-order valence-corrected chi connectivity index (χ2v) is 8.49. The van der Waals surface area contributed by atoms with Gasteiger partial charge in [0, 0.05) is 30.8 Å². The minimum absolute atomic E-state index is 0.172. The van der Waals surface area contributed by atoms with Crippen molar-refractivity contribution < 1.29 is 4.79 Å². The van der Waals surface area contributed by atoms with Gasteiger partial charge < -0.3 is 0 Å². The van der Waals surface area contributed by atoms with E-state index < -0.39 is 0 Å². The number of carbonyl (C=O) groups is 1. The van der Waals surface area contributed by atoms with Crippen LogP contribution >= 0.6 is 0 Å². The summed E-state index contributed by atoms with van der Waals surface area (Å²) >= 11 is 0. The van der Waals surface area contributed by atoms with Gasteiger partial charge in [-0.1, -0.05) is 30.7 Å². The second-order valence-electron chi connectivity index (χ2n) is 8.49. The first-order valence-electron chi connectivity index (χ1n) is 9.60. The molecule has 2 saturated carbocycles. The Labute approximate surface area is 139 Å². The molecule has 0 N–H and O–H groups in total. The summed E-state index contributed by atoms with van der Waals surface area (Å²) in [6, 6.07) is 9.72. The molecule has 0 radical (unpaired) electrons. The zero-order valence-corrected chi connectivity index (χ0v) is 14.0. The number of carbonyl (C=O) groups excluding carboxylic acids is 1. The molecule has 2 heteroatoms. The first kappa shape index (κ1) is 14.2. The monoisotopic (exact) mass is 309 g/mol. The maximum atomic E-state index is 12.3. The SMILES string of the molecule is O=C1CC[C@H]2[C@@H]3Cc4ccccc4[C@@]2(CCN3CC2CCC2)C1. The Morgan fingerprint density at radius 1 is 1.17 bits per heavy atom. The van der Waals surface area contributed by atoms with Crippen LogP contribution < -0.4 is 0 Å². The first-order valence-corrected chi connectivity index (χ1v) is 9.60. The molecule has 122 valence electrons. The van der Waals surface area contributed by atoms with Gasteiger partial charge in [0.15, 0.2) is 0 Å². The number of nitrogens with zero attached hydrogens (tertiary/aromatic N) is 1. The maximum absolute atomic E-state index is 12.3. The third kappa shape index (κ3) is 2.07. The Hall–Kier alpha value is -1.15. The molecule has 3 fully saturated rings. The van der Waals surface area contributed by atoms with Crippen molar-refractivity contribution in [1.82, 2.24) is 4.90 Å². The van der Waals surface area contributed by atoms with Gasteiger partial charge in [-0.25, -0.2) is 0 Å². The molecule has 2 bridgehead atoms. The molecule has 1 aromatic rings. The van der Waals surface area contributed by atoms with Crippen LogP contribution in [0.15, 0.2) is 24.3 Å². The van der Waals surface area contributed by atoms with E-state index in [1.54, 1.807) is 0 Å². The van der Waals surface area contributed by atoms with E-state index in [4.69, 9.17) is 0 Å². The molecule has 5 rings (SSSR count). The molecule has 2 nitrogen and oxygen atoms in total. The van der Waals surface area contributed by atoms with Gasteiger partial charge in [-0.05, 0) is 61.6 Å². The predicted molar refractivity (Wildman–Crippen MR) is 91.5 cm³/mol. The van der Waals surface area contributed by atoms with Gasteiger partial charge >= 0.3 is 0 Å². The van der Waals surface area contributed by atoms with Crippen LogP contribution in [0.4, 0.5) is 0 Å². The van der Waals surface area contributed by atoms with Crippen LogP contribution in [0.5, 0.6) is 0 Å². The third-order valence-electron chi connectivity index (χ3n) is 7.44. The lowest BCUT2D eigenvalue weighted by molar-refractivity contribution is -0.127. The van der Waals surface area contributed by atoms with Crippen molar-refractivity contribution in [3.63, 3.8) is 0 Å². The fourth-order valence-electron chi connectivity index (χ4n) is 6.11. The van der Waals surface area contributed by atoms with E-state index in [0.717, 1.165) is 25.2 Å². The van der Waals surface area contributed by atoms with E-state index in [0.29, 0.717) is 17.7 Å². The summed E-state index contributed by atoms with van der Waals surface area (Å²) in [6.07, 6.45) is 9.48. The van der Waals surface area contributed by atoms with Gasteiger partial charge in [0.2, 0.25) is 0 Å². The van der Waals surface area contributed by atoms with Gasteiger partial charge in [-0.2, -0.15) is 0 Å². The normalized spacial score (nSPS) is 37.0. The molecule has 0 spiro atoms. The summed E-state index contributed by atoms with van der Waals surface area (Å²) < 4.78 is 0. The van der Waals surface area contributed by atoms with Crippen LogP contribution in [-0.4, -0.2) is 29.8 Å². The Kier molecular flexibility index (Phi) is 3.20. The van der Waals surface area contributed by atoms with Crippen molar-refractivity contribution in [2.75, 3.05) is 13.1 Å². The van der Waals surface area contributed by atoms with Crippen LogP contribution in [-0.2, 0) is 16.6 Å². The molecular weight excluding hydrogens is 282 g/mol. The molecule has 23 heavy (non-hydrogen) atoms. The lowest BCUT2D eigenvalue weighted by Crippen LogP contribution is -2.62. The summed E-state index contributed by atoms with van der Waals surface area (Å²) in [6.45, 7) is 2.52. The average molecular weight is 309 g/mol. The number of Topliss-reactive ketones (excluding diaryl/α,β-unsaturated/α-hetero) is 1. The predicted octanol–water partition coefficient (Wildman–Crippen LogP) is 3.72. The minimum atomic E-state index is 0.172. The largest absolute Gasteiger partial charge is 0.300 e. The van der Waals surface area contributed by atoms with E-state index in [1.165, 1.54) is 56.3 Å². The van der Waals surface area contributed by atoms with E-state index in [1.807, 2.05) is 0 Å². The van der Waals surface area contributed by atoms with Crippen molar-refractivity contribution in [3.05, 3.63) is 35.4 Å². The van der Waals surface area contributed by atoms with E-state index in [2.05, 4.69) is 29.2 Å². The number of hydrogen-bond acceptors (Lipinski definition) is 2. The van der Waals surface area contributed by atoms with Crippen LogP contribution in [0.3, 0.4) is 0 Å². The van der Waals surface area contributed by atoms with Gasteiger partial charge in [-0.15, -0.1) is 0 Å². The molecule has 1 heterocycles. The highest BCUT2D eigenvalue weighted by atomic mass is 16.1. The second kappa shape index (κ2) is 5.17. The number of piperidine rings is 1. The Morgan fingerprint density at radius 3 is 2.87 bits per heavy atom. The first-order chi connectivity index (χ1) is 11.3. The molecule has 0 amide bonds. The van der Waals surface area contributed by atoms with Crippen molar-refractivity contribution in [2.24, 2.45) is 11.8 Å². The molecule has 1 aromatic carbocycles. The average Bonchev–Trinajstić information content (AvgIpc) is 2.52. The molecule has 3 atom stereocenters. The fourth-order valence-corrected chi connectivity index (χ4v) is 6.11. The van der Waals surface area contributed by atoms with E-state index in [-0.39, 0.29) is 5.41 Å². The topological polar surface area (TPSA) is 20.3 Å². The molecule has 3 aliphatic carbocycles. The van der Waals surface area contributed by atoms with E-state index >= 15 is 0 Å². The van der Waals surface area contributed by atoms with Crippen LogP contribution in [0.25, 0.3) is 0 Å². The van der Waals surface area contributed by atoms with Gasteiger partial charge in [0.1, 0.15) is 5.78 Å². The summed E-state index contributed by atoms with van der Waals surface area (Å²) in [7, 11) is 0. The lowest BCUT2D eigenvalue weighted by atomic mass is 9.52. The Bertz CT molecular complexity index is 634. The number of ketones is 1. The van der Waals surface area contributed by atoms with Crippen molar-refractivity contribution >= 4 is 5.78 Å². The highest BCUT2D eigenvalue weighted by Gasteiger charge is 2.55. The molecule has 0 aromatic heterocycles. The smallest absolute Gasteiger partial charge is 0.133 e. The van der Waals surface area contributed by atoms with Gasteiger partial charge in [0.25, 0.3) is 0 Å². The zero-order chi connectivity index (χ0) is 15.4. The van der Waals surface area contributed by atoms with Crippen LogP contribution in [0, 0.1) is 11.8 Å². The van der Waals surface area contributed by atoms with Crippen molar-refractivity contribution in [2.45, 2.75) is 62.8 Å². The lowest BCUT2D eigenvalue weighted by Gasteiger charge is -2.59. The fraction of sp³-hybridized carbons (Fsp3) is 0.667. The minimum Gasteiger partial charge on any atom is -0.300 e. The molecule has 0 unspecified atom stereocenters. The summed E-state index contributed by atoms with van der Waals surface area (Å²) in [5, 5.41) is 0. The van der Waals surface area contributed by atoms with Gasteiger partial charge in [0.05, 0.1) is 0 Å². The molecule has 1 saturated heterocycles. The highest BCUT2D eigenvalue weighted by Crippen LogP contribution is 2.55. The molecule has 1 aliphatic heterocycles. The summed E-state index contributed by atoms with van der Waals surface area (Å²) in [4.78, 5) is 15.1. The zero-order valence-electron chi connectivity index (χ0n) is 14.0. The summed E-state index contributed by atoms with van der Waals surface area (Å²) in [5.41, 5.74) is 3.23. The van der Waals surface area contributed by atoms with E-state index in [9.17, 15) is 4.79 Å². The van der Waals surface area contributed by atoms with Crippen molar-refractivity contribution in [3.8, 4) is 0 Å². The molecular formula is C21H27NO. The van der Waals surface area contributed by atoms with Crippen LogP contribution in [0.2, 0.25) is 0 Å².